The first-order valence-corrected chi connectivity index (χ1v) is 11.0. The number of hydrogen-bond donors (Lipinski definition) is 2. The van der Waals surface area contributed by atoms with E-state index in [0.717, 1.165) is 6.54 Å². The average molecular weight is 339 g/mol. The van der Waals surface area contributed by atoms with Crippen molar-refractivity contribution in [1.29, 1.82) is 0 Å². The molecule has 144 valence electrons. The summed E-state index contributed by atoms with van der Waals surface area (Å²) in [4.78, 5) is 0. The topological polar surface area (TPSA) is 38.0 Å². The zero-order valence-corrected chi connectivity index (χ0v) is 16.7. The van der Waals surface area contributed by atoms with Crippen molar-refractivity contribution in [3.05, 3.63) is 12.3 Å². The molecule has 0 unspecified atom stereocenters. The minimum Gasteiger partial charge on any atom is -0.390 e. The number of hydrogen-bond acceptors (Lipinski definition) is 2. The van der Waals surface area contributed by atoms with Crippen molar-refractivity contribution < 1.29 is 0 Å². The van der Waals surface area contributed by atoms with Crippen molar-refractivity contribution in [3.8, 4) is 0 Å². The number of rotatable bonds is 20. The van der Waals surface area contributed by atoms with Gasteiger partial charge in [-0.05, 0) is 19.0 Å². The molecule has 0 aliphatic heterocycles. The van der Waals surface area contributed by atoms with Crippen LogP contribution in [0.5, 0.6) is 0 Å². The summed E-state index contributed by atoms with van der Waals surface area (Å²) in [7, 11) is 0. The second-order valence-electron chi connectivity index (χ2n) is 7.24. The minimum atomic E-state index is 0.712. The lowest BCUT2D eigenvalue weighted by atomic mass is 10.0. The van der Waals surface area contributed by atoms with Crippen LogP contribution in [0, 0.1) is 0 Å². The SMILES string of the molecule is CCCCCCCCCCCCCCCCCC/C=C/NCCN. The molecule has 0 aromatic heterocycles. The van der Waals surface area contributed by atoms with E-state index in [2.05, 4.69) is 24.5 Å². The monoisotopic (exact) mass is 338 g/mol. The third-order valence-electron chi connectivity index (χ3n) is 4.75. The van der Waals surface area contributed by atoms with Gasteiger partial charge in [0.1, 0.15) is 0 Å². The molecule has 24 heavy (non-hydrogen) atoms. The van der Waals surface area contributed by atoms with Gasteiger partial charge in [0.15, 0.2) is 0 Å². The van der Waals surface area contributed by atoms with Gasteiger partial charge in [-0.2, -0.15) is 0 Å². The van der Waals surface area contributed by atoms with Crippen molar-refractivity contribution >= 4 is 0 Å². The fraction of sp³-hybridized carbons (Fsp3) is 0.909. The minimum absolute atomic E-state index is 0.712. The second kappa shape index (κ2) is 22.5. The van der Waals surface area contributed by atoms with Gasteiger partial charge in [0.25, 0.3) is 0 Å². The van der Waals surface area contributed by atoms with Gasteiger partial charge in [0, 0.05) is 13.1 Å². The Morgan fingerprint density at radius 2 is 1.04 bits per heavy atom. The van der Waals surface area contributed by atoms with Gasteiger partial charge in [-0.3, -0.25) is 0 Å². The Hall–Kier alpha value is -0.500. The predicted molar refractivity (Wildman–Crippen MR) is 110 cm³/mol. The van der Waals surface area contributed by atoms with Gasteiger partial charge >= 0.3 is 0 Å². The van der Waals surface area contributed by atoms with E-state index in [4.69, 9.17) is 5.73 Å². The molecule has 0 spiro atoms. The van der Waals surface area contributed by atoms with Gasteiger partial charge in [-0.15, -0.1) is 0 Å². The molecular formula is C22H46N2. The maximum atomic E-state index is 5.41. The molecule has 3 N–H and O–H groups in total. The van der Waals surface area contributed by atoms with Crippen LogP contribution in [0.25, 0.3) is 0 Å². The summed E-state index contributed by atoms with van der Waals surface area (Å²) in [6, 6.07) is 0. The van der Waals surface area contributed by atoms with Gasteiger partial charge < -0.3 is 11.1 Å². The van der Waals surface area contributed by atoms with Crippen LogP contribution in [0.4, 0.5) is 0 Å². The summed E-state index contributed by atoms with van der Waals surface area (Å²) < 4.78 is 0. The summed E-state index contributed by atoms with van der Waals surface area (Å²) in [6.45, 7) is 3.89. The summed E-state index contributed by atoms with van der Waals surface area (Å²) in [6.07, 6.45) is 28.5. The van der Waals surface area contributed by atoms with Gasteiger partial charge in [0.2, 0.25) is 0 Å². The fourth-order valence-electron chi connectivity index (χ4n) is 3.14. The van der Waals surface area contributed by atoms with Crippen LogP contribution in [0.15, 0.2) is 12.3 Å². The molecule has 0 fully saturated rings. The third-order valence-corrected chi connectivity index (χ3v) is 4.75. The molecule has 0 bridgehead atoms. The van der Waals surface area contributed by atoms with Crippen molar-refractivity contribution in [3.63, 3.8) is 0 Å². The fourth-order valence-corrected chi connectivity index (χ4v) is 3.14. The van der Waals surface area contributed by atoms with E-state index >= 15 is 0 Å². The Bertz CT molecular complexity index is 238. The highest BCUT2D eigenvalue weighted by Gasteiger charge is 1.94. The highest BCUT2D eigenvalue weighted by molar-refractivity contribution is 4.79. The zero-order chi connectivity index (χ0) is 17.6. The Kier molecular flexibility index (Phi) is 22.0. The van der Waals surface area contributed by atoms with Crippen LogP contribution in [-0.2, 0) is 0 Å². The van der Waals surface area contributed by atoms with Gasteiger partial charge in [-0.25, -0.2) is 0 Å². The van der Waals surface area contributed by atoms with Crippen LogP contribution < -0.4 is 11.1 Å². The summed E-state index contributed by atoms with van der Waals surface area (Å²) >= 11 is 0. The lowest BCUT2D eigenvalue weighted by Gasteiger charge is -2.03. The van der Waals surface area contributed by atoms with Crippen molar-refractivity contribution in [2.75, 3.05) is 13.1 Å². The van der Waals surface area contributed by atoms with E-state index in [9.17, 15) is 0 Å². The summed E-state index contributed by atoms with van der Waals surface area (Å²) in [5.74, 6) is 0. The van der Waals surface area contributed by atoms with Crippen LogP contribution in [0.1, 0.15) is 116 Å². The first kappa shape index (κ1) is 23.5. The first-order valence-electron chi connectivity index (χ1n) is 11.0. The molecule has 2 nitrogen and oxygen atoms in total. The van der Waals surface area contributed by atoms with E-state index in [0.29, 0.717) is 6.54 Å². The maximum Gasteiger partial charge on any atom is 0.0264 e. The van der Waals surface area contributed by atoms with Crippen LogP contribution in [-0.4, -0.2) is 13.1 Å². The molecule has 0 aliphatic rings. The number of nitrogens with two attached hydrogens (primary N) is 1. The van der Waals surface area contributed by atoms with Crippen LogP contribution >= 0.6 is 0 Å². The molecule has 0 aromatic carbocycles. The Balaban J connectivity index is 2.99. The summed E-state index contributed by atoms with van der Waals surface area (Å²) in [5.41, 5.74) is 5.41. The number of unbranched alkanes of at least 4 members (excludes halogenated alkanes) is 16. The zero-order valence-electron chi connectivity index (χ0n) is 16.7. The smallest absolute Gasteiger partial charge is 0.0264 e. The average Bonchev–Trinajstić information content (AvgIpc) is 2.60. The summed E-state index contributed by atoms with van der Waals surface area (Å²) in [5, 5.41) is 3.18. The molecule has 0 rings (SSSR count). The molecule has 0 radical (unpaired) electrons. The van der Waals surface area contributed by atoms with Crippen molar-refractivity contribution in [2.24, 2.45) is 5.73 Å². The van der Waals surface area contributed by atoms with Crippen LogP contribution in [0.3, 0.4) is 0 Å². The Labute approximate surface area is 153 Å². The molecule has 0 saturated carbocycles. The Morgan fingerprint density at radius 1 is 0.625 bits per heavy atom. The number of allylic oxidation sites excluding steroid dienone is 1. The molecule has 0 aliphatic carbocycles. The predicted octanol–water partition coefficient (Wildman–Crippen LogP) is 6.70. The Morgan fingerprint density at radius 3 is 1.46 bits per heavy atom. The van der Waals surface area contributed by atoms with Gasteiger partial charge in [0.05, 0.1) is 0 Å². The van der Waals surface area contributed by atoms with Crippen molar-refractivity contribution in [2.45, 2.75) is 116 Å². The molecule has 0 saturated heterocycles. The normalized spacial score (nSPS) is 11.4. The van der Waals surface area contributed by atoms with E-state index in [1.165, 1.54) is 109 Å². The van der Waals surface area contributed by atoms with E-state index in [-0.39, 0.29) is 0 Å². The van der Waals surface area contributed by atoms with Gasteiger partial charge in [-0.1, -0.05) is 109 Å². The highest BCUT2D eigenvalue weighted by Crippen LogP contribution is 2.13. The van der Waals surface area contributed by atoms with E-state index in [1.807, 2.05) is 0 Å². The molecule has 0 amide bonds. The van der Waals surface area contributed by atoms with E-state index < -0.39 is 0 Å². The molecule has 0 atom stereocenters. The third kappa shape index (κ3) is 21.5. The quantitative estimate of drug-likeness (QED) is 0.242. The molecule has 0 heterocycles. The van der Waals surface area contributed by atoms with E-state index in [1.54, 1.807) is 0 Å². The number of nitrogens with one attached hydrogen (secondary N) is 1. The lowest BCUT2D eigenvalue weighted by Crippen LogP contribution is -2.16. The first-order chi connectivity index (χ1) is 11.9. The highest BCUT2D eigenvalue weighted by atomic mass is 14.8. The standard InChI is InChI=1S/C22H46N2/c1-2-3-4-5-6-7-8-9-10-11-12-13-14-15-16-17-18-19-21-24-22-20-23/h19,21,24H,2-18,20,22-23H2,1H3/b21-19+. The second-order valence-corrected chi connectivity index (χ2v) is 7.24. The molecule has 0 aromatic rings. The molecule has 2 heteroatoms. The largest absolute Gasteiger partial charge is 0.390 e. The molecular weight excluding hydrogens is 292 g/mol. The lowest BCUT2D eigenvalue weighted by molar-refractivity contribution is 0.530. The maximum absolute atomic E-state index is 5.41. The van der Waals surface area contributed by atoms with Crippen LogP contribution in [0.2, 0.25) is 0 Å². The van der Waals surface area contributed by atoms with Crippen molar-refractivity contribution in [1.82, 2.24) is 5.32 Å².